The van der Waals surface area contributed by atoms with Crippen molar-refractivity contribution in [1.29, 1.82) is 5.26 Å². The molecule has 2 aliphatic rings. The topological polar surface area (TPSA) is 99.8 Å². The Morgan fingerprint density at radius 3 is 2.52 bits per heavy atom. The Morgan fingerprint density at radius 1 is 1.14 bits per heavy atom. The second kappa shape index (κ2) is 7.89. The summed E-state index contributed by atoms with van der Waals surface area (Å²) in [6, 6.07) is 18.1. The fraction of sp³-hybridized carbons (Fsp3) is 0.250. The molecule has 0 N–H and O–H groups in total. The van der Waals surface area contributed by atoms with Crippen LogP contribution in [0.25, 0.3) is 0 Å². The predicted molar refractivity (Wildman–Crippen MR) is 112 cm³/mol. The molecule has 0 unspecified atom stereocenters. The van der Waals surface area contributed by atoms with E-state index in [1.54, 1.807) is 23.1 Å². The number of para-hydroxylation sites is 1. The number of thioether (sulfide) groups is 1. The third kappa shape index (κ3) is 4.28. The molecule has 2 saturated heterocycles. The predicted octanol–water partition coefficient (Wildman–Crippen LogP) is 2.99. The molecule has 4 rings (SSSR count). The van der Waals surface area contributed by atoms with Crippen LogP contribution in [-0.4, -0.2) is 42.3 Å². The highest BCUT2D eigenvalue weighted by Crippen LogP contribution is 2.41. The van der Waals surface area contributed by atoms with Crippen molar-refractivity contribution in [3.63, 3.8) is 0 Å². The molecule has 0 aromatic heterocycles. The number of amidine groups is 1. The van der Waals surface area contributed by atoms with Crippen molar-refractivity contribution in [1.82, 2.24) is 0 Å². The zero-order valence-electron chi connectivity index (χ0n) is 15.3. The number of hydrogen-bond acceptors (Lipinski definition) is 6. The second-order valence-corrected chi connectivity index (χ2v) is 10.1. The summed E-state index contributed by atoms with van der Waals surface area (Å²) in [6.45, 7) is 0. The number of benzene rings is 2. The van der Waals surface area contributed by atoms with Crippen molar-refractivity contribution in [2.75, 3.05) is 16.4 Å². The van der Waals surface area contributed by atoms with E-state index in [1.165, 1.54) is 11.8 Å². The highest BCUT2D eigenvalue weighted by atomic mass is 32.2. The summed E-state index contributed by atoms with van der Waals surface area (Å²) in [5.41, 5.74) is 0.728. The summed E-state index contributed by atoms with van der Waals surface area (Å²) >= 11 is 1.28. The van der Waals surface area contributed by atoms with Gasteiger partial charge in [0.05, 0.1) is 23.6 Å². The lowest BCUT2D eigenvalue weighted by Gasteiger charge is -2.24. The molecule has 1 amide bonds. The fourth-order valence-corrected chi connectivity index (χ4v) is 7.31. The van der Waals surface area contributed by atoms with Crippen molar-refractivity contribution >= 4 is 38.4 Å². The molecule has 0 saturated carbocycles. The van der Waals surface area contributed by atoms with Gasteiger partial charge in [-0.05, 0) is 36.4 Å². The number of carbonyl (C=O) groups is 1. The summed E-state index contributed by atoms with van der Waals surface area (Å²) in [4.78, 5) is 17.7. The Balaban J connectivity index is 1.62. The van der Waals surface area contributed by atoms with Crippen molar-refractivity contribution < 1.29 is 17.9 Å². The summed E-state index contributed by atoms with van der Waals surface area (Å²) < 4.78 is 30.0. The molecule has 0 bridgehead atoms. The Morgan fingerprint density at radius 2 is 1.83 bits per heavy atom. The molecule has 2 aliphatic heterocycles. The number of fused-ring (bicyclic) bond motifs is 1. The summed E-state index contributed by atoms with van der Waals surface area (Å²) in [5, 5.41) is 8.97. The Kier molecular flexibility index (Phi) is 5.30. The first-order valence-corrected chi connectivity index (χ1v) is 11.6. The average molecular weight is 428 g/mol. The number of carbonyl (C=O) groups excluding carboxylic acids is 1. The lowest BCUT2D eigenvalue weighted by molar-refractivity contribution is -0.116. The number of hydrogen-bond donors (Lipinski definition) is 0. The quantitative estimate of drug-likeness (QED) is 0.739. The molecular formula is C20H17N3O4S2. The zero-order chi connectivity index (χ0) is 20.4. The van der Waals surface area contributed by atoms with Gasteiger partial charge in [0, 0.05) is 10.9 Å². The van der Waals surface area contributed by atoms with Gasteiger partial charge in [-0.3, -0.25) is 4.79 Å². The first kappa shape index (κ1) is 19.5. The van der Waals surface area contributed by atoms with E-state index in [4.69, 9.17) is 10.00 Å². The minimum absolute atomic E-state index is 0.0123. The van der Waals surface area contributed by atoms with E-state index < -0.39 is 15.7 Å². The average Bonchev–Trinajstić information content (AvgIpc) is 3.14. The van der Waals surface area contributed by atoms with Crippen LogP contribution < -0.4 is 9.64 Å². The fourth-order valence-electron chi connectivity index (χ4n) is 3.38. The van der Waals surface area contributed by atoms with Crippen LogP contribution in [0.15, 0.2) is 59.6 Å². The van der Waals surface area contributed by atoms with E-state index in [9.17, 15) is 13.2 Å². The van der Waals surface area contributed by atoms with E-state index in [1.807, 2.05) is 42.5 Å². The van der Waals surface area contributed by atoms with Gasteiger partial charge in [-0.1, -0.05) is 30.0 Å². The van der Waals surface area contributed by atoms with E-state index in [2.05, 4.69) is 4.99 Å². The van der Waals surface area contributed by atoms with Gasteiger partial charge in [0.25, 0.3) is 5.91 Å². The third-order valence-electron chi connectivity index (χ3n) is 4.61. The van der Waals surface area contributed by atoms with E-state index >= 15 is 0 Å². The highest BCUT2D eigenvalue weighted by Gasteiger charge is 2.49. The third-order valence-corrected chi connectivity index (χ3v) is 7.82. The van der Waals surface area contributed by atoms with Crippen molar-refractivity contribution in [3.05, 3.63) is 54.6 Å². The van der Waals surface area contributed by atoms with Gasteiger partial charge in [0.15, 0.2) is 15.0 Å². The highest BCUT2D eigenvalue weighted by molar-refractivity contribution is 8.16. The Hall–Kier alpha value is -2.83. The van der Waals surface area contributed by atoms with E-state index in [0.29, 0.717) is 16.7 Å². The Bertz CT molecular complexity index is 1090. The van der Waals surface area contributed by atoms with Gasteiger partial charge in [-0.25, -0.2) is 8.42 Å². The molecule has 0 aliphatic carbocycles. The molecule has 29 heavy (non-hydrogen) atoms. The number of sulfone groups is 1. The van der Waals surface area contributed by atoms with Crippen molar-refractivity contribution in [2.24, 2.45) is 4.99 Å². The number of anilines is 1. The van der Waals surface area contributed by atoms with Crippen molar-refractivity contribution in [2.45, 2.75) is 17.7 Å². The largest absolute Gasteiger partial charge is 0.457 e. The molecule has 7 nitrogen and oxygen atoms in total. The van der Waals surface area contributed by atoms with Crippen LogP contribution in [0.3, 0.4) is 0 Å². The van der Waals surface area contributed by atoms with Gasteiger partial charge in [0.2, 0.25) is 0 Å². The monoisotopic (exact) mass is 427 g/mol. The second-order valence-electron chi connectivity index (χ2n) is 6.70. The number of amides is 1. The number of nitrogens with zero attached hydrogens (tertiary/aromatic N) is 3. The van der Waals surface area contributed by atoms with Gasteiger partial charge >= 0.3 is 0 Å². The maximum Gasteiger partial charge on any atom is 0.262 e. The molecule has 2 fully saturated rings. The summed E-state index contributed by atoms with van der Waals surface area (Å²) in [6.07, 6.45) is -0.310. The first-order valence-electron chi connectivity index (χ1n) is 8.93. The molecule has 2 aromatic rings. The van der Waals surface area contributed by atoms with Crippen LogP contribution in [-0.2, 0) is 14.6 Å². The van der Waals surface area contributed by atoms with Crippen LogP contribution in [0.1, 0.15) is 6.42 Å². The van der Waals surface area contributed by atoms with Crippen LogP contribution in [0.2, 0.25) is 0 Å². The zero-order valence-corrected chi connectivity index (χ0v) is 16.9. The van der Waals surface area contributed by atoms with Gasteiger partial charge in [-0.15, -0.1) is 0 Å². The summed E-state index contributed by atoms with van der Waals surface area (Å²) in [5.74, 6) is 0.884. The lowest BCUT2D eigenvalue weighted by Crippen LogP contribution is -2.37. The molecule has 2 aromatic carbocycles. The maximum absolute atomic E-state index is 12.1. The molecule has 0 radical (unpaired) electrons. The molecular weight excluding hydrogens is 410 g/mol. The molecule has 9 heteroatoms. The van der Waals surface area contributed by atoms with Crippen LogP contribution in [0.4, 0.5) is 5.69 Å². The van der Waals surface area contributed by atoms with Gasteiger partial charge in [-0.2, -0.15) is 10.3 Å². The standard InChI is InChI=1S/C20H17N3O4S2/c21-11-10-19(24)22-20-23(17-12-29(25,26)13-18(17)28-20)14-6-8-16(9-7-14)27-15-4-2-1-3-5-15/h1-9,17-18H,10,12-13H2/t17-,18-/m1/s1. The number of nitriles is 1. The maximum atomic E-state index is 12.1. The minimum Gasteiger partial charge on any atom is -0.457 e. The van der Waals surface area contributed by atoms with Gasteiger partial charge in [0.1, 0.15) is 17.9 Å². The SMILES string of the molecule is N#CCC(=O)N=C1S[C@@H]2CS(=O)(=O)C[C@H]2N1c1ccc(Oc2ccccc2)cc1. The first-order chi connectivity index (χ1) is 13.9. The van der Waals surface area contributed by atoms with Crippen LogP contribution >= 0.6 is 11.8 Å². The lowest BCUT2D eigenvalue weighted by atomic mass is 10.2. The number of aliphatic imine (C=N–C) groups is 1. The van der Waals surface area contributed by atoms with Gasteiger partial charge < -0.3 is 9.64 Å². The van der Waals surface area contributed by atoms with Crippen molar-refractivity contribution in [3.8, 4) is 17.6 Å². The number of rotatable bonds is 4. The molecule has 2 heterocycles. The van der Waals surface area contributed by atoms with E-state index in [-0.39, 0.29) is 29.2 Å². The van der Waals surface area contributed by atoms with Crippen LogP contribution in [0, 0.1) is 11.3 Å². The van der Waals surface area contributed by atoms with E-state index in [0.717, 1.165) is 5.69 Å². The normalized spacial score (nSPS) is 23.6. The van der Waals surface area contributed by atoms with Crippen LogP contribution in [0.5, 0.6) is 11.5 Å². The smallest absolute Gasteiger partial charge is 0.262 e. The molecule has 148 valence electrons. The Labute approximate surface area is 172 Å². The molecule has 0 spiro atoms. The summed E-state index contributed by atoms with van der Waals surface area (Å²) in [7, 11) is -3.14. The number of ether oxygens (including phenoxy) is 1. The minimum atomic E-state index is -3.14. The molecule has 2 atom stereocenters.